The minimum atomic E-state index is -0.544. The van der Waals surface area contributed by atoms with Gasteiger partial charge in [-0.1, -0.05) is 36.9 Å². The molecule has 2 amide bonds. The number of pyridine rings is 1. The predicted octanol–water partition coefficient (Wildman–Crippen LogP) is 3.50. The van der Waals surface area contributed by atoms with E-state index in [1.165, 1.54) is 16.7 Å². The topological polar surface area (TPSA) is 74.1 Å². The van der Waals surface area contributed by atoms with E-state index < -0.39 is 5.25 Å². The number of carbonyl (C=O) groups excluding carboxylic acids is 2. The molecule has 1 aromatic heterocycles. The number of para-hydroxylation sites is 1. The number of aromatic nitrogens is 1. The number of aryl methyl sites for hydroxylation is 1. The molecular weight excluding hydrogens is 358 g/mol. The number of hydrogen-bond acceptors (Lipinski definition) is 5. The first-order chi connectivity index (χ1) is 13.1. The number of hydrogen-bond donors (Lipinski definition) is 0. The Morgan fingerprint density at radius 1 is 1.22 bits per heavy atom. The number of rotatable bonds is 3. The molecule has 0 saturated carbocycles. The zero-order valence-electron chi connectivity index (χ0n) is 15.0. The van der Waals surface area contributed by atoms with Crippen molar-refractivity contribution in [1.82, 2.24) is 4.98 Å². The molecule has 2 aromatic rings. The minimum Gasteiger partial charge on any atom is -0.274 e. The highest BCUT2D eigenvalue weighted by atomic mass is 32.2. The molecule has 1 saturated heterocycles. The highest BCUT2D eigenvalue weighted by molar-refractivity contribution is 8.00. The lowest BCUT2D eigenvalue weighted by Crippen LogP contribution is -2.31. The lowest BCUT2D eigenvalue weighted by atomic mass is 9.87. The van der Waals surface area contributed by atoms with Crippen LogP contribution in [0, 0.1) is 17.2 Å². The number of thioether (sulfide) groups is 1. The largest absolute Gasteiger partial charge is 0.274 e. The van der Waals surface area contributed by atoms with Crippen molar-refractivity contribution in [3.8, 4) is 6.07 Å². The van der Waals surface area contributed by atoms with Crippen LogP contribution in [0.3, 0.4) is 0 Å². The second-order valence-corrected chi connectivity index (χ2v) is 8.31. The summed E-state index contributed by atoms with van der Waals surface area (Å²) in [6.07, 6.45) is 3.03. The molecule has 136 valence electrons. The molecule has 1 fully saturated rings. The molecular formula is C21H19N3O2S. The molecule has 1 aliphatic carbocycles. The Labute approximate surface area is 162 Å². The molecule has 0 radical (unpaired) electrons. The Morgan fingerprint density at radius 3 is 2.74 bits per heavy atom. The second kappa shape index (κ2) is 7.16. The number of fused-ring (bicyclic) bond motifs is 1. The fraction of sp³-hybridized carbons (Fsp3) is 0.333. The van der Waals surface area contributed by atoms with Crippen LogP contribution in [0.4, 0.5) is 5.69 Å². The van der Waals surface area contributed by atoms with Gasteiger partial charge in [0, 0.05) is 12.1 Å². The van der Waals surface area contributed by atoms with Crippen molar-refractivity contribution in [2.24, 2.45) is 5.92 Å². The predicted molar refractivity (Wildman–Crippen MR) is 103 cm³/mol. The van der Waals surface area contributed by atoms with Gasteiger partial charge < -0.3 is 0 Å². The van der Waals surface area contributed by atoms with Crippen LogP contribution in [0.15, 0.2) is 41.4 Å². The van der Waals surface area contributed by atoms with Crippen LogP contribution in [0.2, 0.25) is 0 Å². The summed E-state index contributed by atoms with van der Waals surface area (Å²) in [6, 6.07) is 13.1. The molecule has 0 unspecified atom stereocenters. The van der Waals surface area contributed by atoms with Gasteiger partial charge in [0.05, 0.1) is 16.5 Å². The van der Waals surface area contributed by atoms with Crippen LogP contribution < -0.4 is 4.90 Å². The molecule has 0 spiro atoms. The van der Waals surface area contributed by atoms with Crippen molar-refractivity contribution in [1.29, 1.82) is 5.26 Å². The van der Waals surface area contributed by atoms with Gasteiger partial charge in [0.2, 0.25) is 11.8 Å². The van der Waals surface area contributed by atoms with Gasteiger partial charge in [0.25, 0.3) is 0 Å². The fourth-order valence-corrected chi connectivity index (χ4v) is 4.77. The Kier molecular flexibility index (Phi) is 4.71. The molecule has 27 heavy (non-hydrogen) atoms. The number of nitrogens with zero attached hydrogens (tertiary/aromatic N) is 3. The SMILES string of the molecule is C[C@H]1CCc2nc(S[C@H]3CC(=O)N(c4ccccc4)C3=O)c(C#N)cc2C1. The van der Waals surface area contributed by atoms with E-state index in [9.17, 15) is 14.9 Å². The number of benzene rings is 1. The average Bonchev–Trinajstić information content (AvgIpc) is 2.95. The molecule has 1 aromatic carbocycles. The van der Waals surface area contributed by atoms with E-state index >= 15 is 0 Å². The van der Waals surface area contributed by atoms with Crippen LogP contribution in [-0.4, -0.2) is 22.0 Å². The van der Waals surface area contributed by atoms with Crippen molar-refractivity contribution in [2.75, 3.05) is 4.90 Å². The van der Waals surface area contributed by atoms with Crippen molar-refractivity contribution < 1.29 is 9.59 Å². The monoisotopic (exact) mass is 377 g/mol. The zero-order chi connectivity index (χ0) is 19.0. The van der Waals surface area contributed by atoms with Crippen LogP contribution in [0.1, 0.15) is 36.6 Å². The van der Waals surface area contributed by atoms with E-state index in [1.54, 1.807) is 24.3 Å². The molecule has 5 nitrogen and oxygen atoms in total. The first-order valence-corrected chi connectivity index (χ1v) is 9.96. The number of carbonyl (C=O) groups is 2. The van der Waals surface area contributed by atoms with Crippen LogP contribution in [0.25, 0.3) is 0 Å². The van der Waals surface area contributed by atoms with Crippen LogP contribution >= 0.6 is 11.8 Å². The summed E-state index contributed by atoms with van der Waals surface area (Å²) < 4.78 is 0. The van der Waals surface area contributed by atoms with Gasteiger partial charge in [-0.2, -0.15) is 5.26 Å². The Morgan fingerprint density at radius 2 is 2.00 bits per heavy atom. The lowest BCUT2D eigenvalue weighted by Gasteiger charge is -2.22. The molecule has 2 atom stereocenters. The Bertz CT molecular complexity index is 952. The van der Waals surface area contributed by atoms with Crippen molar-refractivity contribution >= 4 is 29.3 Å². The number of imide groups is 1. The van der Waals surface area contributed by atoms with E-state index in [0.29, 0.717) is 22.2 Å². The summed E-state index contributed by atoms with van der Waals surface area (Å²) in [6.45, 7) is 2.21. The molecule has 0 bridgehead atoms. The molecule has 6 heteroatoms. The molecule has 4 rings (SSSR count). The normalized spacial score (nSPS) is 21.9. The van der Waals surface area contributed by atoms with E-state index in [-0.39, 0.29) is 18.2 Å². The van der Waals surface area contributed by atoms with Gasteiger partial charge in [-0.25, -0.2) is 9.88 Å². The third-order valence-electron chi connectivity index (χ3n) is 5.09. The second-order valence-electron chi connectivity index (χ2n) is 7.12. The third-order valence-corrected chi connectivity index (χ3v) is 6.28. The molecule has 0 N–H and O–H groups in total. The molecule has 1 aliphatic heterocycles. The van der Waals surface area contributed by atoms with Gasteiger partial charge in [-0.05, 0) is 48.9 Å². The van der Waals surface area contributed by atoms with E-state index in [4.69, 9.17) is 4.98 Å². The van der Waals surface area contributed by atoms with E-state index in [0.717, 1.165) is 30.5 Å². The Hall–Kier alpha value is -2.65. The Balaban J connectivity index is 1.60. The average molecular weight is 377 g/mol. The standard InChI is InChI=1S/C21H19N3O2S/c1-13-7-8-17-14(9-13)10-15(12-22)20(23-17)27-18-11-19(25)24(21(18)26)16-5-3-2-4-6-16/h2-6,10,13,18H,7-9,11H2,1H3/t13-,18-/m0/s1. The first-order valence-electron chi connectivity index (χ1n) is 9.08. The quantitative estimate of drug-likeness (QED) is 0.766. The van der Waals surface area contributed by atoms with Gasteiger partial charge in [0.1, 0.15) is 11.1 Å². The summed E-state index contributed by atoms with van der Waals surface area (Å²) in [7, 11) is 0. The van der Waals surface area contributed by atoms with Gasteiger partial charge in [-0.3, -0.25) is 9.59 Å². The summed E-state index contributed by atoms with van der Waals surface area (Å²) in [4.78, 5) is 31.2. The highest BCUT2D eigenvalue weighted by Crippen LogP contribution is 2.36. The molecule has 2 heterocycles. The number of anilines is 1. The number of amides is 2. The maximum Gasteiger partial charge on any atom is 0.247 e. The summed E-state index contributed by atoms with van der Waals surface area (Å²) in [5, 5.41) is 9.56. The number of nitriles is 1. The maximum absolute atomic E-state index is 12.8. The van der Waals surface area contributed by atoms with Crippen LogP contribution in [-0.2, 0) is 22.4 Å². The van der Waals surface area contributed by atoms with E-state index in [1.807, 2.05) is 12.1 Å². The van der Waals surface area contributed by atoms with Crippen LogP contribution in [0.5, 0.6) is 0 Å². The van der Waals surface area contributed by atoms with Crippen molar-refractivity contribution in [2.45, 2.75) is 42.9 Å². The lowest BCUT2D eigenvalue weighted by molar-refractivity contribution is -0.121. The summed E-state index contributed by atoms with van der Waals surface area (Å²) >= 11 is 1.24. The van der Waals surface area contributed by atoms with E-state index in [2.05, 4.69) is 13.0 Å². The van der Waals surface area contributed by atoms with Crippen molar-refractivity contribution in [3.63, 3.8) is 0 Å². The highest BCUT2D eigenvalue weighted by Gasteiger charge is 2.40. The van der Waals surface area contributed by atoms with Crippen molar-refractivity contribution in [3.05, 3.63) is 53.2 Å². The smallest absolute Gasteiger partial charge is 0.247 e. The summed E-state index contributed by atoms with van der Waals surface area (Å²) in [5.74, 6) is 0.139. The first kappa shape index (κ1) is 17.7. The third kappa shape index (κ3) is 3.35. The zero-order valence-corrected chi connectivity index (χ0v) is 15.8. The maximum atomic E-state index is 12.8. The fourth-order valence-electron chi connectivity index (χ4n) is 3.68. The minimum absolute atomic E-state index is 0.124. The van der Waals surface area contributed by atoms with Gasteiger partial charge >= 0.3 is 0 Å². The van der Waals surface area contributed by atoms with Gasteiger partial charge in [-0.15, -0.1) is 0 Å². The molecule has 2 aliphatic rings. The summed E-state index contributed by atoms with van der Waals surface area (Å²) in [5.41, 5.74) is 3.23. The van der Waals surface area contributed by atoms with Gasteiger partial charge in [0.15, 0.2) is 0 Å².